The van der Waals surface area contributed by atoms with Gasteiger partial charge in [-0.1, -0.05) is 10.3 Å². The van der Waals surface area contributed by atoms with Gasteiger partial charge in [-0.25, -0.2) is 18.7 Å². The average molecular weight is 552 g/mol. The first-order valence-corrected chi connectivity index (χ1v) is 9.55. The van der Waals surface area contributed by atoms with Crippen molar-refractivity contribution in [2.75, 3.05) is 25.1 Å². The second-order valence-electron chi connectivity index (χ2n) is 5.60. The molecule has 0 heterocycles. The van der Waals surface area contributed by atoms with Crippen LogP contribution < -0.4 is 10.8 Å². The summed E-state index contributed by atoms with van der Waals surface area (Å²) in [6.45, 7) is -0.896. The topological polar surface area (TPSA) is 125 Å². The van der Waals surface area contributed by atoms with Gasteiger partial charge in [-0.05, 0) is 46.9 Å². The van der Waals surface area contributed by atoms with Crippen LogP contribution in [0.1, 0.15) is 15.9 Å². The summed E-state index contributed by atoms with van der Waals surface area (Å²) >= 11 is 1.88. The van der Waals surface area contributed by atoms with E-state index in [9.17, 15) is 18.0 Å². The van der Waals surface area contributed by atoms with Gasteiger partial charge in [-0.15, -0.1) is 0 Å². The van der Waals surface area contributed by atoms with E-state index in [1.165, 1.54) is 12.1 Å². The summed E-state index contributed by atoms with van der Waals surface area (Å²) in [6.07, 6.45) is 1.75. The first-order chi connectivity index (χ1) is 14.9. The van der Waals surface area contributed by atoms with Crippen LogP contribution in [0.25, 0.3) is 0 Å². The first-order valence-electron chi connectivity index (χ1n) is 8.47. The fourth-order valence-corrected chi connectivity index (χ4v) is 2.64. The monoisotopic (exact) mass is 552 g/mol. The van der Waals surface area contributed by atoms with Crippen molar-refractivity contribution in [1.29, 1.82) is 0 Å². The molecule has 2 rings (SSSR count). The third kappa shape index (κ3) is 6.80. The number of amides is 1. The fourth-order valence-electron chi connectivity index (χ4n) is 2.19. The van der Waals surface area contributed by atoms with Gasteiger partial charge in [0.2, 0.25) is 0 Å². The largest absolute Gasteiger partial charge is 0.411 e. The van der Waals surface area contributed by atoms with E-state index in [0.29, 0.717) is 3.57 Å². The normalized spacial score (nSPS) is 11.3. The maximum absolute atomic E-state index is 14.8. The molecule has 0 aromatic heterocycles. The molecule has 4 N–H and O–H groups in total. The number of hydroxylamine groups is 1. The van der Waals surface area contributed by atoms with Gasteiger partial charge >= 0.3 is 0 Å². The SMILES string of the molecule is O=C(NOCCO)c1cc(C=NOC/C=N/O)c(F)c(F)c1Nc1ccc(I)cc1F. The van der Waals surface area contributed by atoms with Crippen molar-refractivity contribution < 1.29 is 38.0 Å². The van der Waals surface area contributed by atoms with Crippen LogP contribution in [0.3, 0.4) is 0 Å². The summed E-state index contributed by atoms with van der Waals surface area (Å²) in [6, 6.07) is 4.92. The lowest BCUT2D eigenvalue weighted by Crippen LogP contribution is -2.26. The van der Waals surface area contributed by atoms with E-state index in [1.807, 2.05) is 28.1 Å². The minimum Gasteiger partial charge on any atom is -0.411 e. The number of oxime groups is 2. The number of nitrogens with one attached hydrogen (secondary N) is 2. The van der Waals surface area contributed by atoms with E-state index < -0.39 is 46.8 Å². The van der Waals surface area contributed by atoms with Gasteiger partial charge in [-0.2, -0.15) is 0 Å². The Kier molecular flexibility index (Phi) is 9.48. The lowest BCUT2D eigenvalue weighted by atomic mass is 10.1. The molecule has 0 radical (unpaired) electrons. The van der Waals surface area contributed by atoms with E-state index in [0.717, 1.165) is 24.6 Å². The smallest absolute Gasteiger partial charge is 0.277 e. The number of nitrogens with zero attached hydrogens (tertiary/aromatic N) is 2. The van der Waals surface area contributed by atoms with E-state index in [-0.39, 0.29) is 18.9 Å². The highest BCUT2D eigenvalue weighted by molar-refractivity contribution is 14.1. The molecule has 0 saturated carbocycles. The lowest BCUT2D eigenvalue weighted by Gasteiger charge is -2.15. The van der Waals surface area contributed by atoms with Crippen molar-refractivity contribution in [3.8, 4) is 0 Å². The zero-order valence-electron chi connectivity index (χ0n) is 15.6. The molecule has 0 unspecified atom stereocenters. The van der Waals surface area contributed by atoms with Crippen LogP contribution >= 0.6 is 22.6 Å². The third-order valence-electron chi connectivity index (χ3n) is 3.53. The van der Waals surface area contributed by atoms with Crippen LogP contribution in [0.15, 0.2) is 34.6 Å². The quantitative estimate of drug-likeness (QED) is 0.118. The fraction of sp³-hybridized carbons (Fsp3) is 0.167. The maximum atomic E-state index is 14.8. The van der Waals surface area contributed by atoms with E-state index in [4.69, 9.17) is 15.2 Å². The van der Waals surface area contributed by atoms with Crippen molar-refractivity contribution in [1.82, 2.24) is 5.48 Å². The van der Waals surface area contributed by atoms with Crippen molar-refractivity contribution in [3.63, 3.8) is 0 Å². The minimum atomic E-state index is -1.48. The van der Waals surface area contributed by atoms with E-state index in [1.54, 1.807) is 0 Å². The predicted octanol–water partition coefficient (Wildman–Crippen LogP) is 2.92. The predicted molar refractivity (Wildman–Crippen MR) is 113 cm³/mol. The number of aliphatic hydroxyl groups is 1. The average Bonchev–Trinajstić information content (AvgIpc) is 2.74. The van der Waals surface area contributed by atoms with E-state index >= 15 is 0 Å². The number of halogens is 4. The number of rotatable bonds is 10. The Bertz CT molecular complexity index is 991. The summed E-state index contributed by atoms with van der Waals surface area (Å²) in [7, 11) is 0. The van der Waals surface area contributed by atoms with Gasteiger partial charge in [0.1, 0.15) is 5.82 Å². The molecule has 2 aromatic carbocycles. The minimum absolute atomic E-state index is 0.197. The van der Waals surface area contributed by atoms with Gasteiger partial charge in [-0.3, -0.25) is 9.63 Å². The van der Waals surface area contributed by atoms with Gasteiger partial charge in [0.25, 0.3) is 5.91 Å². The molecule has 166 valence electrons. The highest BCUT2D eigenvalue weighted by Gasteiger charge is 2.23. The number of anilines is 2. The second kappa shape index (κ2) is 12.1. The standard InChI is InChI=1S/C18H16F3IN4O5/c19-13-8-11(22)1-2-14(13)25-17-12(18(28)26-31-6-4-27)7-10(15(20)16(17)21)9-24-30-5-3-23-29/h1-3,7-9,25,27,29H,4-6H2,(H,26,28)/b23-3+,24-9?. The van der Waals surface area contributed by atoms with Crippen LogP contribution in [-0.2, 0) is 9.68 Å². The van der Waals surface area contributed by atoms with Crippen LogP contribution in [0.5, 0.6) is 0 Å². The van der Waals surface area contributed by atoms with Crippen molar-refractivity contribution in [2.24, 2.45) is 10.3 Å². The van der Waals surface area contributed by atoms with E-state index in [2.05, 4.69) is 20.5 Å². The molecule has 0 fully saturated rings. The van der Waals surface area contributed by atoms with Crippen LogP contribution in [-0.4, -0.2) is 48.5 Å². The van der Waals surface area contributed by atoms with Crippen molar-refractivity contribution in [3.05, 3.63) is 56.4 Å². The highest BCUT2D eigenvalue weighted by atomic mass is 127. The molecule has 1 amide bonds. The summed E-state index contributed by atoms with van der Waals surface area (Å²) in [5, 5.41) is 25.4. The molecule has 9 nitrogen and oxygen atoms in total. The summed E-state index contributed by atoms with van der Waals surface area (Å²) < 4.78 is 44.1. The van der Waals surface area contributed by atoms with Crippen LogP contribution in [0.2, 0.25) is 0 Å². The lowest BCUT2D eigenvalue weighted by molar-refractivity contribution is 0.0168. The molecule has 0 saturated heterocycles. The van der Waals surface area contributed by atoms with Crippen LogP contribution in [0.4, 0.5) is 24.5 Å². The Labute approximate surface area is 187 Å². The summed E-state index contributed by atoms with van der Waals surface area (Å²) in [5.74, 6) is -4.61. The van der Waals surface area contributed by atoms with Gasteiger partial charge in [0, 0.05) is 9.13 Å². The summed E-state index contributed by atoms with van der Waals surface area (Å²) in [5.41, 5.74) is 0.226. The number of hydrogen-bond donors (Lipinski definition) is 4. The molecule has 31 heavy (non-hydrogen) atoms. The van der Waals surface area contributed by atoms with Crippen molar-refractivity contribution in [2.45, 2.75) is 0 Å². The molecule has 0 atom stereocenters. The van der Waals surface area contributed by atoms with Crippen LogP contribution in [0, 0.1) is 21.0 Å². The van der Waals surface area contributed by atoms with Gasteiger partial charge in [0.15, 0.2) is 18.2 Å². The molecular formula is C18H16F3IN4O5. The van der Waals surface area contributed by atoms with Crippen molar-refractivity contribution >= 4 is 52.3 Å². The summed E-state index contributed by atoms with van der Waals surface area (Å²) in [4.78, 5) is 21.8. The molecular weight excluding hydrogens is 536 g/mol. The Balaban J connectivity index is 2.45. The highest BCUT2D eigenvalue weighted by Crippen LogP contribution is 2.30. The molecule has 13 heteroatoms. The number of benzene rings is 2. The molecule has 0 aliphatic carbocycles. The molecule has 0 aliphatic rings. The van der Waals surface area contributed by atoms with Gasteiger partial charge < -0.3 is 20.5 Å². The number of carbonyl (C=O) groups is 1. The Morgan fingerprint density at radius 1 is 1.23 bits per heavy atom. The zero-order valence-corrected chi connectivity index (χ0v) is 17.8. The number of hydrogen-bond acceptors (Lipinski definition) is 8. The number of aliphatic hydroxyl groups excluding tert-OH is 1. The Morgan fingerprint density at radius 3 is 2.68 bits per heavy atom. The second-order valence-corrected chi connectivity index (χ2v) is 6.84. The Morgan fingerprint density at radius 2 is 2.00 bits per heavy atom. The maximum Gasteiger partial charge on any atom is 0.277 e. The zero-order chi connectivity index (χ0) is 22.8. The molecule has 0 spiro atoms. The number of carbonyl (C=O) groups excluding carboxylic acids is 1. The molecule has 0 aliphatic heterocycles. The molecule has 2 aromatic rings. The molecule has 0 bridgehead atoms. The third-order valence-corrected chi connectivity index (χ3v) is 4.20. The van der Waals surface area contributed by atoms with Gasteiger partial charge in [0.05, 0.1) is 42.6 Å². The first kappa shape index (κ1) is 24.4. The Hall–Kier alpha value is -2.91.